The molecule has 0 fully saturated rings. The number of benzene rings is 2. The molecule has 0 saturated heterocycles. The fraction of sp³-hybridized carbons (Fsp3) is 0.294. The fourth-order valence-corrected chi connectivity index (χ4v) is 2.84. The highest BCUT2D eigenvalue weighted by Gasteiger charge is 2.21. The number of ether oxygens (including phenoxy) is 1. The van der Waals surface area contributed by atoms with Crippen molar-refractivity contribution in [3.05, 3.63) is 59.1 Å². The number of β-amino-alcohol motifs (C(OH)–C–C–N with tert-alkyl or cyclic N) is 1. The lowest BCUT2D eigenvalue weighted by Crippen LogP contribution is -2.34. The monoisotopic (exact) mass is 339 g/mol. The Morgan fingerprint density at radius 2 is 1.86 bits per heavy atom. The van der Waals surface area contributed by atoms with Gasteiger partial charge in [-0.25, -0.2) is 0 Å². The van der Waals surface area contributed by atoms with E-state index in [0.717, 1.165) is 13.0 Å². The molecule has 0 spiro atoms. The number of halogens is 2. The molecule has 2 aromatic rings. The van der Waals surface area contributed by atoms with Crippen LogP contribution in [0.3, 0.4) is 0 Å². The summed E-state index contributed by atoms with van der Waals surface area (Å²) in [5.41, 5.74) is 2.56. The van der Waals surface area contributed by atoms with Gasteiger partial charge in [0.1, 0.15) is 18.5 Å². The van der Waals surface area contributed by atoms with Crippen molar-refractivity contribution in [2.45, 2.75) is 12.5 Å². The number of aliphatic hydroxyl groups is 1. The van der Waals surface area contributed by atoms with Gasteiger partial charge in [0.15, 0.2) is 0 Å². The highest BCUT2D eigenvalue weighted by molar-refractivity contribution is 6.32. The molecule has 0 bridgehead atoms. The summed E-state index contributed by atoms with van der Waals surface area (Å²) in [5.74, 6) is 0.611. The van der Waals surface area contributed by atoms with Gasteiger partial charge in [0.05, 0.1) is 5.02 Å². The summed E-state index contributed by atoms with van der Waals surface area (Å²) in [6.07, 6.45) is 0.487. The predicted molar refractivity (Wildman–Crippen MR) is 92.6 cm³/mol. The Morgan fingerprint density at radius 1 is 1.14 bits per heavy atom. The summed E-state index contributed by atoms with van der Waals surface area (Å²) in [5, 5.41) is 10.7. The third-order valence-corrected chi connectivity index (χ3v) is 3.99. The van der Waals surface area contributed by atoms with Crippen LogP contribution in [0.15, 0.2) is 48.5 Å². The minimum absolute atomic E-state index is 0. The van der Waals surface area contributed by atoms with E-state index >= 15 is 0 Å². The van der Waals surface area contributed by atoms with Crippen molar-refractivity contribution in [1.29, 1.82) is 0 Å². The van der Waals surface area contributed by atoms with E-state index in [1.807, 2.05) is 18.2 Å². The third-order valence-electron chi connectivity index (χ3n) is 3.68. The second-order valence-electron chi connectivity index (χ2n) is 5.22. The Labute approximate surface area is 141 Å². The van der Waals surface area contributed by atoms with Crippen LogP contribution in [0.2, 0.25) is 5.02 Å². The van der Waals surface area contributed by atoms with E-state index in [1.165, 1.54) is 11.3 Å². The molecule has 0 aliphatic carbocycles. The van der Waals surface area contributed by atoms with Gasteiger partial charge < -0.3 is 14.7 Å². The minimum Gasteiger partial charge on any atom is -0.489 e. The zero-order valence-electron chi connectivity index (χ0n) is 12.1. The first-order valence-corrected chi connectivity index (χ1v) is 7.50. The molecule has 118 valence electrons. The number of aliphatic hydroxyl groups excluding tert-OH is 1. The molecule has 5 heteroatoms. The van der Waals surface area contributed by atoms with E-state index in [-0.39, 0.29) is 19.0 Å². The number of para-hydroxylation sites is 2. The molecular weight excluding hydrogens is 321 g/mol. The van der Waals surface area contributed by atoms with Crippen LogP contribution in [-0.2, 0) is 6.42 Å². The zero-order chi connectivity index (χ0) is 14.7. The number of anilines is 1. The second-order valence-corrected chi connectivity index (χ2v) is 5.63. The molecule has 0 saturated carbocycles. The molecule has 3 nitrogen and oxygen atoms in total. The topological polar surface area (TPSA) is 32.7 Å². The van der Waals surface area contributed by atoms with E-state index < -0.39 is 6.10 Å². The molecule has 0 radical (unpaired) electrons. The molecule has 3 rings (SSSR count). The van der Waals surface area contributed by atoms with Crippen LogP contribution < -0.4 is 9.64 Å². The third kappa shape index (κ3) is 3.86. The molecule has 1 aliphatic heterocycles. The summed E-state index contributed by atoms with van der Waals surface area (Å²) in [7, 11) is 0. The maximum absolute atomic E-state index is 10.2. The van der Waals surface area contributed by atoms with E-state index in [2.05, 4.69) is 23.1 Å². The van der Waals surface area contributed by atoms with E-state index in [4.69, 9.17) is 16.3 Å². The lowest BCUT2D eigenvalue weighted by molar-refractivity contribution is 0.112. The average molecular weight is 340 g/mol. The summed E-state index contributed by atoms with van der Waals surface area (Å²) in [6.45, 7) is 1.76. The molecule has 22 heavy (non-hydrogen) atoms. The van der Waals surface area contributed by atoms with E-state index in [0.29, 0.717) is 17.3 Å². The highest BCUT2D eigenvalue weighted by Crippen LogP contribution is 2.27. The van der Waals surface area contributed by atoms with Crippen molar-refractivity contribution in [3.8, 4) is 5.75 Å². The number of fused-ring (bicyclic) bond motifs is 1. The van der Waals surface area contributed by atoms with Crippen LogP contribution in [0.25, 0.3) is 0 Å². The summed E-state index contributed by atoms with van der Waals surface area (Å²) >= 11 is 6.03. The molecule has 1 atom stereocenters. The van der Waals surface area contributed by atoms with E-state index in [1.54, 1.807) is 12.1 Å². The van der Waals surface area contributed by atoms with Crippen LogP contribution in [0.4, 0.5) is 5.69 Å². The van der Waals surface area contributed by atoms with Gasteiger partial charge in [-0.05, 0) is 30.2 Å². The molecule has 0 amide bonds. The molecule has 1 unspecified atom stereocenters. The second kappa shape index (κ2) is 7.73. The van der Waals surface area contributed by atoms with E-state index in [9.17, 15) is 5.11 Å². The van der Waals surface area contributed by atoms with Crippen molar-refractivity contribution in [2.75, 3.05) is 24.6 Å². The van der Waals surface area contributed by atoms with Gasteiger partial charge in [0.25, 0.3) is 0 Å². The van der Waals surface area contributed by atoms with Gasteiger partial charge in [-0.15, -0.1) is 12.4 Å². The van der Waals surface area contributed by atoms with Gasteiger partial charge >= 0.3 is 0 Å². The summed E-state index contributed by atoms with van der Waals surface area (Å²) < 4.78 is 5.59. The summed E-state index contributed by atoms with van der Waals surface area (Å²) in [6, 6.07) is 15.6. The van der Waals surface area contributed by atoms with Crippen LogP contribution >= 0.6 is 24.0 Å². The van der Waals surface area contributed by atoms with Crippen molar-refractivity contribution >= 4 is 29.7 Å². The Bertz CT molecular complexity index is 621. The molecular formula is C17H19Cl2NO2. The molecule has 0 aromatic heterocycles. The maximum Gasteiger partial charge on any atom is 0.138 e. The Morgan fingerprint density at radius 3 is 2.68 bits per heavy atom. The fourth-order valence-electron chi connectivity index (χ4n) is 2.65. The highest BCUT2D eigenvalue weighted by atomic mass is 35.5. The number of hydrogen-bond acceptors (Lipinski definition) is 3. The largest absolute Gasteiger partial charge is 0.489 e. The van der Waals surface area contributed by atoms with Crippen LogP contribution in [0.5, 0.6) is 5.75 Å². The molecule has 1 heterocycles. The predicted octanol–water partition coefficient (Wildman–Crippen LogP) is 3.56. The van der Waals surface area contributed by atoms with Gasteiger partial charge in [0.2, 0.25) is 0 Å². The number of hydrogen-bond donors (Lipinski definition) is 1. The lowest BCUT2D eigenvalue weighted by Gasteiger charge is -2.23. The van der Waals surface area contributed by atoms with Gasteiger partial charge in [-0.1, -0.05) is 41.9 Å². The number of rotatable bonds is 5. The number of nitrogens with zero attached hydrogens (tertiary/aromatic N) is 1. The van der Waals surface area contributed by atoms with Crippen molar-refractivity contribution in [2.24, 2.45) is 0 Å². The van der Waals surface area contributed by atoms with Crippen molar-refractivity contribution < 1.29 is 9.84 Å². The standard InChI is InChI=1S/C17H18ClNO2.ClH/c18-15-6-2-4-8-17(15)21-12-14(20)11-19-10-9-13-5-1-3-7-16(13)19;/h1-8,14,20H,9-12H2;1H. The van der Waals surface area contributed by atoms with Crippen LogP contribution in [0.1, 0.15) is 5.56 Å². The minimum atomic E-state index is -0.549. The quantitative estimate of drug-likeness (QED) is 0.903. The zero-order valence-corrected chi connectivity index (χ0v) is 13.7. The smallest absolute Gasteiger partial charge is 0.138 e. The van der Waals surface area contributed by atoms with Gasteiger partial charge in [-0.3, -0.25) is 0 Å². The molecule has 2 aromatic carbocycles. The average Bonchev–Trinajstić information content (AvgIpc) is 2.90. The van der Waals surface area contributed by atoms with Crippen molar-refractivity contribution in [1.82, 2.24) is 0 Å². The van der Waals surface area contributed by atoms with Gasteiger partial charge in [0, 0.05) is 18.8 Å². The molecule has 1 N–H and O–H groups in total. The first kappa shape index (κ1) is 16.9. The lowest BCUT2D eigenvalue weighted by atomic mass is 10.2. The summed E-state index contributed by atoms with van der Waals surface area (Å²) in [4.78, 5) is 2.20. The Hall–Kier alpha value is -1.42. The SMILES string of the molecule is Cl.OC(COc1ccccc1Cl)CN1CCc2ccccc21. The maximum atomic E-state index is 10.2. The Kier molecular flexibility index (Phi) is 5.95. The van der Waals surface area contributed by atoms with Crippen LogP contribution in [-0.4, -0.2) is 30.9 Å². The van der Waals surface area contributed by atoms with Crippen LogP contribution in [0, 0.1) is 0 Å². The first-order valence-electron chi connectivity index (χ1n) is 7.12. The Balaban J connectivity index is 0.00000176. The normalized spacial score (nSPS) is 14.2. The van der Waals surface area contributed by atoms with Crippen molar-refractivity contribution in [3.63, 3.8) is 0 Å². The first-order chi connectivity index (χ1) is 10.2. The molecule has 1 aliphatic rings. The van der Waals surface area contributed by atoms with Gasteiger partial charge in [-0.2, -0.15) is 0 Å².